The van der Waals surface area contributed by atoms with Crippen LogP contribution < -0.4 is 4.90 Å². The third kappa shape index (κ3) is 1.71. The van der Waals surface area contributed by atoms with Gasteiger partial charge < -0.3 is 14.9 Å². The SMILES string of the molecule is O=C(O)N1CC2CCN(c3cccnc3)C2C1. The standard InChI is InChI=1S/C12H15N3O2/c16-12(17)14-7-9-3-5-15(11(9)8-14)10-2-1-4-13-6-10/h1-2,4,6,9,11H,3,5,7-8H2,(H,16,17). The number of hydrogen-bond donors (Lipinski definition) is 1. The Bertz CT molecular complexity index is 423. The van der Waals surface area contributed by atoms with Crippen molar-refractivity contribution in [3.05, 3.63) is 24.5 Å². The van der Waals surface area contributed by atoms with Crippen LogP contribution in [0.15, 0.2) is 24.5 Å². The molecule has 1 N–H and O–H groups in total. The highest BCUT2D eigenvalue weighted by Gasteiger charge is 2.42. The lowest BCUT2D eigenvalue weighted by Gasteiger charge is -2.25. The molecule has 0 aliphatic carbocycles. The maximum absolute atomic E-state index is 11.0. The molecule has 1 amide bonds. The topological polar surface area (TPSA) is 56.7 Å². The molecule has 0 saturated carbocycles. The van der Waals surface area contributed by atoms with Crippen LogP contribution in [0.5, 0.6) is 0 Å². The van der Waals surface area contributed by atoms with Crippen LogP contribution in [0.3, 0.4) is 0 Å². The summed E-state index contributed by atoms with van der Waals surface area (Å²) in [6, 6.07) is 4.29. The van der Waals surface area contributed by atoms with E-state index in [1.54, 1.807) is 6.20 Å². The molecule has 90 valence electrons. The molecule has 2 unspecified atom stereocenters. The van der Waals surface area contributed by atoms with Gasteiger partial charge in [0.1, 0.15) is 0 Å². The second-order valence-electron chi connectivity index (χ2n) is 4.71. The molecule has 0 radical (unpaired) electrons. The molecule has 2 atom stereocenters. The molecule has 2 saturated heterocycles. The summed E-state index contributed by atoms with van der Waals surface area (Å²) in [4.78, 5) is 18.9. The van der Waals surface area contributed by atoms with Crippen LogP contribution in [-0.4, -0.2) is 46.8 Å². The van der Waals surface area contributed by atoms with E-state index in [0.29, 0.717) is 25.0 Å². The molecule has 2 aliphatic heterocycles. The van der Waals surface area contributed by atoms with Gasteiger partial charge >= 0.3 is 6.09 Å². The van der Waals surface area contributed by atoms with Gasteiger partial charge in [-0.1, -0.05) is 0 Å². The number of likely N-dealkylation sites (tertiary alicyclic amines) is 1. The van der Waals surface area contributed by atoms with Gasteiger partial charge in [-0.2, -0.15) is 0 Å². The Morgan fingerprint density at radius 1 is 1.47 bits per heavy atom. The van der Waals surface area contributed by atoms with E-state index in [-0.39, 0.29) is 0 Å². The van der Waals surface area contributed by atoms with E-state index in [0.717, 1.165) is 18.7 Å². The van der Waals surface area contributed by atoms with Crippen LogP contribution in [0.25, 0.3) is 0 Å². The number of aromatic nitrogens is 1. The van der Waals surface area contributed by atoms with Gasteiger partial charge in [-0.15, -0.1) is 0 Å². The number of amides is 1. The van der Waals surface area contributed by atoms with E-state index in [4.69, 9.17) is 5.11 Å². The van der Waals surface area contributed by atoms with Crippen molar-refractivity contribution in [1.29, 1.82) is 0 Å². The molecule has 17 heavy (non-hydrogen) atoms. The molecule has 5 nitrogen and oxygen atoms in total. The number of nitrogens with zero attached hydrogens (tertiary/aromatic N) is 3. The van der Waals surface area contributed by atoms with E-state index < -0.39 is 6.09 Å². The van der Waals surface area contributed by atoms with Crippen molar-refractivity contribution in [2.45, 2.75) is 12.5 Å². The summed E-state index contributed by atoms with van der Waals surface area (Å²) >= 11 is 0. The van der Waals surface area contributed by atoms with Crippen molar-refractivity contribution in [2.75, 3.05) is 24.5 Å². The summed E-state index contributed by atoms with van der Waals surface area (Å²) in [7, 11) is 0. The molecule has 0 bridgehead atoms. The van der Waals surface area contributed by atoms with Crippen molar-refractivity contribution in [3.8, 4) is 0 Å². The predicted octanol–water partition coefficient (Wildman–Crippen LogP) is 1.27. The van der Waals surface area contributed by atoms with Crippen molar-refractivity contribution < 1.29 is 9.90 Å². The average Bonchev–Trinajstić information content (AvgIpc) is 2.89. The molecular weight excluding hydrogens is 218 g/mol. The van der Waals surface area contributed by atoms with Crippen LogP contribution in [0.4, 0.5) is 10.5 Å². The van der Waals surface area contributed by atoms with E-state index in [1.165, 1.54) is 4.90 Å². The maximum atomic E-state index is 11.0. The second-order valence-corrected chi connectivity index (χ2v) is 4.71. The molecule has 3 heterocycles. The Kier molecular flexibility index (Phi) is 2.39. The van der Waals surface area contributed by atoms with Crippen LogP contribution in [0.2, 0.25) is 0 Å². The minimum absolute atomic E-state index is 0.329. The number of anilines is 1. The first kappa shape index (κ1) is 10.4. The normalized spacial score (nSPS) is 27.3. The molecule has 1 aromatic heterocycles. The monoisotopic (exact) mass is 233 g/mol. The first-order valence-corrected chi connectivity index (χ1v) is 5.90. The number of fused-ring (bicyclic) bond motifs is 1. The number of hydrogen-bond acceptors (Lipinski definition) is 3. The Labute approximate surface area is 99.7 Å². The summed E-state index contributed by atoms with van der Waals surface area (Å²) in [6.45, 7) is 2.31. The highest BCUT2D eigenvalue weighted by atomic mass is 16.4. The quantitative estimate of drug-likeness (QED) is 0.793. The van der Waals surface area contributed by atoms with Crippen LogP contribution in [0, 0.1) is 5.92 Å². The number of rotatable bonds is 1. The fraction of sp³-hybridized carbons (Fsp3) is 0.500. The molecule has 5 heteroatoms. The lowest BCUT2D eigenvalue weighted by atomic mass is 10.1. The summed E-state index contributed by atoms with van der Waals surface area (Å²) in [5, 5.41) is 9.02. The molecule has 1 aromatic rings. The first-order valence-electron chi connectivity index (χ1n) is 5.90. The van der Waals surface area contributed by atoms with Crippen molar-refractivity contribution in [3.63, 3.8) is 0 Å². The largest absolute Gasteiger partial charge is 0.465 e. The van der Waals surface area contributed by atoms with E-state index >= 15 is 0 Å². The number of carbonyl (C=O) groups is 1. The summed E-state index contributed by atoms with van der Waals surface area (Å²) in [6.07, 6.45) is 3.88. The van der Waals surface area contributed by atoms with Crippen LogP contribution in [0.1, 0.15) is 6.42 Å². The predicted molar refractivity (Wildman–Crippen MR) is 63.1 cm³/mol. The van der Waals surface area contributed by atoms with Crippen molar-refractivity contribution >= 4 is 11.8 Å². The third-order valence-electron chi connectivity index (χ3n) is 3.80. The number of carboxylic acid groups (broad SMARTS) is 1. The summed E-state index contributed by atoms with van der Waals surface area (Å²) in [5.41, 5.74) is 1.10. The highest BCUT2D eigenvalue weighted by molar-refractivity contribution is 5.66. The van der Waals surface area contributed by atoms with Crippen molar-refractivity contribution in [1.82, 2.24) is 9.88 Å². The maximum Gasteiger partial charge on any atom is 0.407 e. The Hall–Kier alpha value is -1.78. The minimum atomic E-state index is -0.800. The molecule has 0 aromatic carbocycles. The molecular formula is C12H15N3O2. The molecule has 3 rings (SSSR count). The van der Waals surface area contributed by atoms with E-state index in [2.05, 4.69) is 9.88 Å². The molecule has 2 fully saturated rings. The summed E-state index contributed by atoms with van der Waals surface area (Å²) in [5.74, 6) is 0.478. The Morgan fingerprint density at radius 2 is 2.35 bits per heavy atom. The smallest absolute Gasteiger partial charge is 0.407 e. The van der Waals surface area contributed by atoms with Crippen LogP contribution >= 0.6 is 0 Å². The fourth-order valence-electron chi connectivity index (χ4n) is 2.96. The lowest BCUT2D eigenvalue weighted by Crippen LogP contribution is -2.36. The van der Waals surface area contributed by atoms with Crippen LogP contribution in [-0.2, 0) is 0 Å². The Balaban J connectivity index is 1.79. The first-order chi connectivity index (χ1) is 8.25. The van der Waals surface area contributed by atoms with Gasteiger partial charge in [0.15, 0.2) is 0 Å². The fourth-order valence-corrected chi connectivity index (χ4v) is 2.96. The number of pyridine rings is 1. The zero-order valence-corrected chi connectivity index (χ0v) is 9.49. The van der Waals surface area contributed by atoms with Gasteiger partial charge in [-0.05, 0) is 18.6 Å². The highest BCUT2D eigenvalue weighted by Crippen LogP contribution is 2.34. The zero-order valence-electron chi connectivity index (χ0n) is 9.49. The lowest BCUT2D eigenvalue weighted by molar-refractivity contribution is 0.153. The second kappa shape index (κ2) is 3.91. The van der Waals surface area contributed by atoms with Gasteiger partial charge in [0.25, 0.3) is 0 Å². The molecule has 0 spiro atoms. The van der Waals surface area contributed by atoms with E-state index in [1.807, 2.05) is 18.3 Å². The Morgan fingerprint density at radius 3 is 3.06 bits per heavy atom. The van der Waals surface area contributed by atoms with E-state index in [9.17, 15) is 4.79 Å². The van der Waals surface area contributed by atoms with Crippen molar-refractivity contribution in [2.24, 2.45) is 5.92 Å². The molecule has 2 aliphatic rings. The zero-order chi connectivity index (χ0) is 11.8. The van der Waals surface area contributed by atoms with Gasteiger partial charge in [-0.25, -0.2) is 4.79 Å². The van der Waals surface area contributed by atoms with Gasteiger partial charge in [0, 0.05) is 31.7 Å². The van der Waals surface area contributed by atoms with Gasteiger partial charge in [0.2, 0.25) is 0 Å². The average molecular weight is 233 g/mol. The van der Waals surface area contributed by atoms with Gasteiger partial charge in [0.05, 0.1) is 17.9 Å². The van der Waals surface area contributed by atoms with Gasteiger partial charge in [-0.3, -0.25) is 4.98 Å². The minimum Gasteiger partial charge on any atom is -0.465 e. The third-order valence-corrected chi connectivity index (χ3v) is 3.80. The summed E-state index contributed by atoms with van der Waals surface area (Å²) < 4.78 is 0.